The van der Waals surface area contributed by atoms with Crippen LogP contribution in [0.4, 0.5) is 0 Å². The van der Waals surface area contributed by atoms with Crippen molar-refractivity contribution in [1.82, 2.24) is 0 Å². The van der Waals surface area contributed by atoms with Crippen molar-refractivity contribution >= 4 is 23.9 Å². The zero-order valence-corrected chi connectivity index (χ0v) is 50.7. The number of carbonyl (C=O) groups excluding carboxylic acids is 4. The maximum absolute atomic E-state index is 14.5. The fourth-order valence-electron chi connectivity index (χ4n) is 11.8. The van der Waals surface area contributed by atoms with Crippen LogP contribution in [0.25, 0.3) is 0 Å². The van der Waals surface area contributed by atoms with Crippen LogP contribution in [0.1, 0.15) is 256 Å². The van der Waals surface area contributed by atoms with Crippen LogP contribution in [-0.4, -0.2) is 86.8 Å². The topological polar surface area (TPSA) is 142 Å². The van der Waals surface area contributed by atoms with E-state index in [0.717, 1.165) is 38.5 Å². The second-order valence-corrected chi connectivity index (χ2v) is 23.5. The van der Waals surface area contributed by atoms with Gasteiger partial charge in [-0.2, -0.15) is 0 Å². The van der Waals surface area contributed by atoms with E-state index in [9.17, 15) is 19.2 Å². The molecule has 0 radical (unpaired) electrons. The van der Waals surface area contributed by atoms with Crippen LogP contribution in [-0.2, 0) is 47.5 Å². The highest BCUT2D eigenvalue weighted by Crippen LogP contribution is 2.45. The minimum atomic E-state index is -1.98. The van der Waals surface area contributed by atoms with Crippen molar-refractivity contribution in [1.29, 1.82) is 0 Å². The summed E-state index contributed by atoms with van der Waals surface area (Å²) in [7, 11) is 1.30. The monoisotopic (exact) mass is 1100 g/mol. The number of hydrogen-bond donors (Lipinski definition) is 0. The van der Waals surface area contributed by atoms with Gasteiger partial charge in [-0.1, -0.05) is 239 Å². The summed E-state index contributed by atoms with van der Waals surface area (Å²) in [6.45, 7) is 16.0. The number of carbonyl (C=O) groups is 4. The molecular formula is C67H108O12. The summed E-state index contributed by atoms with van der Waals surface area (Å²) in [4.78, 5) is 54.7. The quantitative estimate of drug-likeness (QED) is 0.0355. The summed E-state index contributed by atoms with van der Waals surface area (Å²) in [5.41, 5.74) is 0.717. The van der Waals surface area contributed by atoms with Gasteiger partial charge < -0.3 is 37.9 Å². The number of benzene rings is 2. The van der Waals surface area contributed by atoms with Crippen LogP contribution < -0.4 is 0 Å². The molecule has 448 valence electrons. The summed E-state index contributed by atoms with van der Waals surface area (Å²) >= 11 is 0. The summed E-state index contributed by atoms with van der Waals surface area (Å²) < 4.78 is 51.9. The van der Waals surface area contributed by atoms with Crippen LogP contribution >= 0.6 is 0 Å². The van der Waals surface area contributed by atoms with E-state index in [-0.39, 0.29) is 36.7 Å². The Morgan fingerprint density at radius 1 is 0.620 bits per heavy atom. The Morgan fingerprint density at radius 2 is 1.09 bits per heavy atom. The highest BCUT2D eigenvalue weighted by Gasteiger charge is 2.58. The molecule has 12 nitrogen and oxygen atoms in total. The molecule has 12 heteroatoms. The van der Waals surface area contributed by atoms with Gasteiger partial charge in [0.05, 0.1) is 30.9 Å². The summed E-state index contributed by atoms with van der Waals surface area (Å²) in [5.74, 6) is -5.26. The third-order valence-corrected chi connectivity index (χ3v) is 17.1. The second-order valence-electron chi connectivity index (χ2n) is 23.5. The molecule has 4 rings (SSSR count). The number of methoxy groups -OCH3 is 1. The molecule has 2 fully saturated rings. The lowest BCUT2D eigenvalue weighted by Gasteiger charge is -2.51. The Morgan fingerprint density at radius 3 is 1.54 bits per heavy atom. The van der Waals surface area contributed by atoms with E-state index in [0.29, 0.717) is 24.2 Å². The van der Waals surface area contributed by atoms with Gasteiger partial charge in [0, 0.05) is 25.2 Å². The summed E-state index contributed by atoms with van der Waals surface area (Å²) in [6.07, 6.45) is 27.9. The van der Waals surface area contributed by atoms with Gasteiger partial charge in [0.1, 0.15) is 24.9 Å². The molecule has 0 amide bonds. The van der Waals surface area contributed by atoms with E-state index >= 15 is 0 Å². The van der Waals surface area contributed by atoms with Crippen molar-refractivity contribution in [2.75, 3.05) is 20.3 Å². The van der Waals surface area contributed by atoms with Crippen LogP contribution in [0.2, 0.25) is 0 Å². The average Bonchev–Trinajstić information content (AvgIpc) is 3.58. The lowest BCUT2D eigenvalue weighted by molar-refractivity contribution is -0.361. The standard InChI is InChI=1S/C67H108O12/c1-10-13-15-17-19-21-23-25-27-29-31-35-41-55(42-36-32-30-28-26-24-22-20-18-16-14-11-2)48-74-65-62(77-64(70)57-45-39-34-40-46-57)61(53(7)59(76-65)49-73-63(69)56-43-37-33-38-44-56)79-67(66(71)72-9)47-50(4)51(5)60(78-67)52(6)58(12-3)75-54(8)68/h33-34,37-40,43-46,50-53,55,58-62,65H,10-32,35-36,41-42,47-49H2,1-9H3/t50?,51-,52+,53-,58+,59?,60+,61-,62?,65+,67-/m0/s1. The normalized spacial score (nSPS) is 23.9. The van der Waals surface area contributed by atoms with Gasteiger partial charge in [-0.3, -0.25) is 4.79 Å². The molecule has 2 aliphatic rings. The minimum Gasteiger partial charge on any atom is -0.465 e. The SMILES string of the molecule is CCCCCCCCCCCCCCC(CCCCCCCCCCCCCC)CO[C@@H]1OC(COC(=O)c2ccccc2)[C@H](C)[C@H](O[C@]2(C(=O)OC)CC(C)[C@H](C)[C@H]([C@H](C)[C@@H](CC)OC(C)=O)O2)C1OC(=O)c1ccccc1. The van der Waals surface area contributed by atoms with Gasteiger partial charge in [0.25, 0.3) is 5.79 Å². The fourth-order valence-corrected chi connectivity index (χ4v) is 11.8. The van der Waals surface area contributed by atoms with Gasteiger partial charge >= 0.3 is 23.9 Å². The molecule has 0 aliphatic carbocycles. The highest BCUT2D eigenvalue weighted by atomic mass is 16.8. The molecule has 2 saturated heterocycles. The second kappa shape index (κ2) is 38.8. The molecule has 0 bridgehead atoms. The Bertz CT molecular complexity index is 1920. The number of esters is 4. The molecule has 2 aromatic rings. The van der Waals surface area contributed by atoms with Crippen molar-refractivity contribution in [3.8, 4) is 0 Å². The van der Waals surface area contributed by atoms with Crippen LogP contribution in [0, 0.1) is 29.6 Å². The van der Waals surface area contributed by atoms with Gasteiger partial charge in [-0.05, 0) is 61.3 Å². The van der Waals surface area contributed by atoms with Gasteiger partial charge in [0.15, 0.2) is 12.4 Å². The third-order valence-electron chi connectivity index (χ3n) is 17.1. The van der Waals surface area contributed by atoms with E-state index < -0.39 is 72.4 Å². The molecule has 2 aromatic carbocycles. The lowest BCUT2D eigenvalue weighted by atomic mass is 9.76. The molecule has 2 heterocycles. The van der Waals surface area contributed by atoms with Gasteiger partial charge in [0.2, 0.25) is 0 Å². The van der Waals surface area contributed by atoms with Crippen molar-refractivity contribution < 1.29 is 57.1 Å². The molecule has 0 aromatic heterocycles. The van der Waals surface area contributed by atoms with E-state index in [1.54, 1.807) is 48.5 Å². The van der Waals surface area contributed by atoms with E-state index in [1.165, 1.54) is 142 Å². The lowest BCUT2D eigenvalue weighted by Crippen LogP contribution is -2.64. The summed E-state index contributed by atoms with van der Waals surface area (Å²) in [5, 5.41) is 0. The van der Waals surface area contributed by atoms with Crippen molar-refractivity contribution in [3.05, 3.63) is 71.8 Å². The zero-order chi connectivity index (χ0) is 57.3. The summed E-state index contributed by atoms with van der Waals surface area (Å²) in [6, 6.07) is 17.6. The van der Waals surface area contributed by atoms with Crippen LogP contribution in [0.5, 0.6) is 0 Å². The molecule has 2 aliphatic heterocycles. The van der Waals surface area contributed by atoms with E-state index in [4.69, 9.17) is 37.9 Å². The van der Waals surface area contributed by atoms with Gasteiger partial charge in [-0.15, -0.1) is 0 Å². The predicted molar refractivity (Wildman–Crippen MR) is 313 cm³/mol. The molecule has 11 atom stereocenters. The molecule has 3 unspecified atom stereocenters. The van der Waals surface area contributed by atoms with Crippen molar-refractivity contribution in [2.45, 2.75) is 278 Å². The largest absolute Gasteiger partial charge is 0.465 e. The number of unbranched alkanes of at least 4 members (excludes halogenated alkanes) is 22. The first kappa shape index (κ1) is 67.7. The molecule has 0 saturated carbocycles. The predicted octanol–water partition coefficient (Wildman–Crippen LogP) is 16.5. The number of hydrogen-bond acceptors (Lipinski definition) is 12. The average molecular weight is 1110 g/mol. The zero-order valence-electron chi connectivity index (χ0n) is 50.7. The van der Waals surface area contributed by atoms with Gasteiger partial charge in [-0.25, -0.2) is 14.4 Å². The Kier molecular flexibility index (Phi) is 33.2. The van der Waals surface area contributed by atoms with Crippen LogP contribution in [0.15, 0.2) is 60.7 Å². The number of rotatable bonds is 41. The minimum absolute atomic E-state index is 0.0758. The van der Waals surface area contributed by atoms with E-state index in [1.807, 2.05) is 39.8 Å². The molecule has 0 spiro atoms. The Labute approximate surface area is 478 Å². The molecular weight excluding hydrogens is 997 g/mol. The van der Waals surface area contributed by atoms with Crippen molar-refractivity contribution in [3.63, 3.8) is 0 Å². The van der Waals surface area contributed by atoms with E-state index in [2.05, 4.69) is 20.8 Å². The van der Waals surface area contributed by atoms with Crippen molar-refractivity contribution in [2.24, 2.45) is 29.6 Å². The first-order valence-electron chi connectivity index (χ1n) is 31.6. The third kappa shape index (κ3) is 23.9. The molecule has 79 heavy (non-hydrogen) atoms. The first-order chi connectivity index (χ1) is 38.3. The molecule has 0 N–H and O–H groups in total. The maximum atomic E-state index is 14.5. The Balaban J connectivity index is 1.64. The fraction of sp³-hybridized carbons (Fsp3) is 0.761. The van der Waals surface area contributed by atoms with Crippen LogP contribution in [0.3, 0.4) is 0 Å². The number of ether oxygens (including phenoxy) is 8. The maximum Gasteiger partial charge on any atom is 0.366 e. The first-order valence-corrected chi connectivity index (χ1v) is 31.6. The highest BCUT2D eigenvalue weighted by molar-refractivity contribution is 5.90. The smallest absolute Gasteiger partial charge is 0.366 e. The Hall–Kier alpha value is -3.84.